The molecule has 8 heteroatoms. The van der Waals surface area contributed by atoms with E-state index >= 15 is 0 Å². The van der Waals surface area contributed by atoms with E-state index in [1.807, 2.05) is 32.0 Å². The molecule has 1 saturated heterocycles. The summed E-state index contributed by atoms with van der Waals surface area (Å²) in [5, 5.41) is 10.8. The number of benzene rings is 2. The van der Waals surface area contributed by atoms with Crippen LogP contribution in [-0.4, -0.2) is 53.7 Å². The zero-order valence-corrected chi connectivity index (χ0v) is 20.4. The summed E-state index contributed by atoms with van der Waals surface area (Å²) in [6.45, 7) is 8.77. The van der Waals surface area contributed by atoms with Crippen molar-refractivity contribution in [2.24, 2.45) is 0 Å². The molecular formula is C28H28N2O6. The Hall–Kier alpha value is -3.75. The number of furan rings is 1. The van der Waals surface area contributed by atoms with Crippen LogP contribution in [0.1, 0.15) is 38.6 Å². The third-order valence-corrected chi connectivity index (χ3v) is 6.95. The molecule has 4 heterocycles. The molecule has 36 heavy (non-hydrogen) atoms. The number of phenolic OH excluding ortho intramolecular Hbond substituents is 1. The lowest BCUT2D eigenvalue weighted by molar-refractivity contribution is 0.101. The minimum absolute atomic E-state index is 0.150. The molecule has 1 N–H and O–H groups in total. The number of phenols is 1. The van der Waals surface area contributed by atoms with E-state index in [1.165, 1.54) is 5.56 Å². The highest BCUT2D eigenvalue weighted by molar-refractivity contribution is 6.15. The van der Waals surface area contributed by atoms with Crippen molar-refractivity contribution in [3.63, 3.8) is 0 Å². The van der Waals surface area contributed by atoms with Crippen molar-refractivity contribution in [2.75, 3.05) is 33.0 Å². The first-order chi connectivity index (χ1) is 17.4. The molecule has 8 nitrogen and oxygen atoms in total. The summed E-state index contributed by atoms with van der Waals surface area (Å²) in [4.78, 5) is 17.8. The van der Waals surface area contributed by atoms with E-state index in [0.29, 0.717) is 34.7 Å². The predicted molar refractivity (Wildman–Crippen MR) is 132 cm³/mol. The number of ketones is 1. The number of aryl methyl sites for hydroxylation is 2. The fourth-order valence-electron chi connectivity index (χ4n) is 5.02. The van der Waals surface area contributed by atoms with Crippen LogP contribution in [0, 0.1) is 13.8 Å². The first-order valence-corrected chi connectivity index (χ1v) is 12.1. The largest absolute Gasteiger partial charge is 0.507 e. The monoisotopic (exact) mass is 488 g/mol. The van der Waals surface area contributed by atoms with Crippen molar-refractivity contribution in [1.29, 1.82) is 0 Å². The molecule has 3 aliphatic rings. The van der Waals surface area contributed by atoms with E-state index in [2.05, 4.69) is 15.9 Å². The molecule has 3 aromatic rings. The van der Waals surface area contributed by atoms with Gasteiger partial charge in [-0.2, -0.15) is 0 Å². The predicted octanol–water partition coefficient (Wildman–Crippen LogP) is 4.26. The lowest BCUT2D eigenvalue weighted by atomic mass is 9.99. The smallest absolute Gasteiger partial charge is 0.232 e. The standard InChI is InChI=1S/C28H28N2O6/c1-17-11-22(31)21(28-26(17)27(32)25(36-28)13-20-5-3-18(2)35-20)15-30-9-7-29(8-10-30)14-19-4-6-23-24(12-19)34-16-33-23/h3-6,11-13,31H,7-10,14-16H2,1-2H3/b25-13-. The van der Waals surface area contributed by atoms with Gasteiger partial charge in [0, 0.05) is 45.3 Å². The Balaban J connectivity index is 1.15. The van der Waals surface area contributed by atoms with Crippen LogP contribution >= 0.6 is 0 Å². The third kappa shape index (κ3) is 4.23. The zero-order chi connectivity index (χ0) is 24.8. The summed E-state index contributed by atoms with van der Waals surface area (Å²) in [5.41, 5.74) is 3.05. The van der Waals surface area contributed by atoms with Crippen molar-refractivity contribution >= 4 is 11.9 Å². The van der Waals surface area contributed by atoms with E-state index in [-0.39, 0.29) is 24.1 Å². The first-order valence-electron chi connectivity index (χ1n) is 12.1. The van der Waals surface area contributed by atoms with E-state index < -0.39 is 0 Å². The van der Waals surface area contributed by atoms with Crippen molar-refractivity contribution in [1.82, 2.24) is 9.80 Å². The van der Waals surface area contributed by atoms with Gasteiger partial charge in [0.05, 0.1) is 11.1 Å². The maximum atomic E-state index is 13.1. The maximum absolute atomic E-state index is 13.1. The summed E-state index contributed by atoms with van der Waals surface area (Å²) in [6, 6.07) is 11.4. The number of piperazine rings is 1. The van der Waals surface area contributed by atoms with Gasteiger partial charge in [-0.3, -0.25) is 14.6 Å². The minimum Gasteiger partial charge on any atom is -0.507 e. The molecule has 0 saturated carbocycles. The van der Waals surface area contributed by atoms with Crippen LogP contribution in [0.5, 0.6) is 23.0 Å². The number of hydrogen-bond donors (Lipinski definition) is 1. The molecule has 0 atom stereocenters. The highest BCUT2D eigenvalue weighted by atomic mass is 16.7. The molecule has 0 unspecified atom stereocenters. The molecule has 0 spiro atoms. The van der Waals surface area contributed by atoms with Crippen LogP contribution in [0.2, 0.25) is 0 Å². The van der Waals surface area contributed by atoms with Crippen LogP contribution in [-0.2, 0) is 13.1 Å². The SMILES string of the molecule is Cc1ccc(/C=C2\Oc3c(CN4CCN(Cc5ccc6c(c5)OCO6)CC4)c(O)cc(C)c3C2=O)o1. The van der Waals surface area contributed by atoms with Crippen molar-refractivity contribution < 1.29 is 28.5 Å². The Morgan fingerprint density at radius 2 is 1.69 bits per heavy atom. The van der Waals surface area contributed by atoms with Gasteiger partial charge in [0.15, 0.2) is 17.3 Å². The van der Waals surface area contributed by atoms with Crippen molar-refractivity contribution in [2.45, 2.75) is 26.9 Å². The summed E-state index contributed by atoms with van der Waals surface area (Å²) in [6.07, 6.45) is 1.62. The summed E-state index contributed by atoms with van der Waals surface area (Å²) in [7, 11) is 0. The van der Waals surface area contributed by atoms with Crippen LogP contribution in [0.25, 0.3) is 6.08 Å². The molecular weight excluding hydrogens is 460 g/mol. The van der Waals surface area contributed by atoms with E-state index in [4.69, 9.17) is 18.6 Å². The lowest BCUT2D eigenvalue weighted by Gasteiger charge is -2.35. The average molecular weight is 489 g/mol. The Labute approximate surface area is 209 Å². The number of allylic oxidation sites excluding steroid dienone is 1. The lowest BCUT2D eigenvalue weighted by Crippen LogP contribution is -2.45. The molecule has 0 bridgehead atoms. The van der Waals surface area contributed by atoms with Gasteiger partial charge in [-0.05, 0) is 55.3 Å². The van der Waals surface area contributed by atoms with Crippen molar-refractivity contribution in [3.05, 3.63) is 75.9 Å². The Morgan fingerprint density at radius 1 is 0.944 bits per heavy atom. The molecule has 0 radical (unpaired) electrons. The van der Waals surface area contributed by atoms with Crippen LogP contribution in [0.3, 0.4) is 0 Å². The molecule has 0 aliphatic carbocycles. The number of Topliss-reactive ketones (excluding diaryl/α,β-unsaturated/α-hetero) is 1. The second kappa shape index (κ2) is 9.04. The normalized spacial score (nSPS) is 18.6. The van der Waals surface area contributed by atoms with Gasteiger partial charge in [0.2, 0.25) is 12.6 Å². The number of carbonyl (C=O) groups is 1. The molecule has 3 aliphatic heterocycles. The molecule has 0 amide bonds. The van der Waals surface area contributed by atoms with Gasteiger partial charge >= 0.3 is 0 Å². The van der Waals surface area contributed by atoms with Gasteiger partial charge in [0.25, 0.3) is 0 Å². The number of hydrogen-bond acceptors (Lipinski definition) is 8. The second-order valence-electron chi connectivity index (χ2n) is 9.52. The van der Waals surface area contributed by atoms with Gasteiger partial charge in [-0.1, -0.05) is 6.07 Å². The summed E-state index contributed by atoms with van der Waals surface area (Å²) < 4.78 is 22.5. The van der Waals surface area contributed by atoms with E-state index in [0.717, 1.165) is 50.0 Å². The Morgan fingerprint density at radius 3 is 2.44 bits per heavy atom. The third-order valence-electron chi connectivity index (χ3n) is 6.95. The van der Waals surface area contributed by atoms with Gasteiger partial charge < -0.3 is 23.7 Å². The van der Waals surface area contributed by atoms with Gasteiger partial charge in [-0.25, -0.2) is 0 Å². The molecule has 1 aromatic heterocycles. The van der Waals surface area contributed by atoms with Gasteiger partial charge in [0.1, 0.15) is 23.0 Å². The quantitative estimate of drug-likeness (QED) is 0.534. The fraction of sp³-hybridized carbons (Fsp3) is 0.321. The highest BCUT2D eigenvalue weighted by Gasteiger charge is 2.34. The zero-order valence-electron chi connectivity index (χ0n) is 20.4. The summed E-state index contributed by atoms with van der Waals surface area (Å²) >= 11 is 0. The van der Waals surface area contributed by atoms with Crippen LogP contribution in [0.4, 0.5) is 0 Å². The molecule has 186 valence electrons. The number of carbonyl (C=O) groups excluding carboxylic acids is 1. The molecule has 1 fully saturated rings. The molecule has 6 rings (SSSR count). The average Bonchev–Trinajstić information content (AvgIpc) is 3.57. The Bertz CT molecular complexity index is 1370. The van der Waals surface area contributed by atoms with E-state index in [1.54, 1.807) is 18.2 Å². The summed E-state index contributed by atoms with van der Waals surface area (Å²) in [5.74, 6) is 3.55. The number of nitrogens with zero attached hydrogens (tertiary/aromatic N) is 2. The second-order valence-corrected chi connectivity index (χ2v) is 9.52. The topological polar surface area (TPSA) is 84.6 Å². The number of ether oxygens (including phenoxy) is 3. The molecule has 2 aromatic carbocycles. The number of rotatable bonds is 5. The van der Waals surface area contributed by atoms with Crippen LogP contribution < -0.4 is 14.2 Å². The van der Waals surface area contributed by atoms with E-state index in [9.17, 15) is 9.90 Å². The van der Waals surface area contributed by atoms with Crippen LogP contribution in [0.15, 0.2) is 46.6 Å². The number of aromatic hydroxyl groups is 1. The minimum atomic E-state index is -0.189. The van der Waals surface area contributed by atoms with Crippen molar-refractivity contribution in [3.8, 4) is 23.0 Å². The number of fused-ring (bicyclic) bond motifs is 2. The highest BCUT2D eigenvalue weighted by Crippen LogP contribution is 2.42. The fourth-order valence-corrected chi connectivity index (χ4v) is 5.02. The Kier molecular flexibility index (Phi) is 5.70. The van der Waals surface area contributed by atoms with Gasteiger partial charge in [-0.15, -0.1) is 0 Å². The first kappa shape index (κ1) is 22.7. The maximum Gasteiger partial charge on any atom is 0.232 e.